The molecule has 0 aliphatic carbocycles. The number of imidazole rings is 1. The minimum atomic E-state index is -0.0621. The summed E-state index contributed by atoms with van der Waals surface area (Å²) in [4.78, 5) is 4.29. The highest BCUT2D eigenvalue weighted by Gasteiger charge is 2.15. The molecule has 1 rings (SSSR count). The molecule has 1 N–H and O–H groups in total. The maximum Gasteiger partial charge on any atom is 0.0949 e. The zero-order valence-corrected chi connectivity index (χ0v) is 10.1. The molecule has 0 amide bonds. The van der Waals surface area contributed by atoms with Crippen LogP contribution in [-0.4, -0.2) is 29.3 Å². The minimum Gasteiger partial charge on any atom is -0.379 e. The van der Waals surface area contributed by atoms with Crippen LogP contribution in [0, 0.1) is 0 Å². The summed E-state index contributed by atoms with van der Waals surface area (Å²) in [5.74, 6) is 0. The van der Waals surface area contributed by atoms with Crippen LogP contribution < -0.4 is 5.32 Å². The van der Waals surface area contributed by atoms with Crippen molar-refractivity contribution in [2.75, 3.05) is 14.2 Å². The maximum absolute atomic E-state index is 5.37. The molecule has 0 spiro atoms. The Bertz CT molecular complexity index is 294. The van der Waals surface area contributed by atoms with Crippen molar-refractivity contribution in [3.63, 3.8) is 0 Å². The third kappa shape index (κ3) is 4.01. The van der Waals surface area contributed by atoms with Gasteiger partial charge in [-0.3, -0.25) is 0 Å². The van der Waals surface area contributed by atoms with Crippen LogP contribution in [0.2, 0.25) is 0 Å². The molecule has 0 radical (unpaired) electrons. The Kier molecular flexibility index (Phi) is 4.29. The van der Waals surface area contributed by atoms with Gasteiger partial charge in [0.15, 0.2) is 0 Å². The molecule has 1 aromatic rings. The van der Waals surface area contributed by atoms with E-state index >= 15 is 0 Å². The number of aryl methyl sites for hydroxylation is 1. The predicted molar refractivity (Wildman–Crippen MR) is 60.7 cm³/mol. The van der Waals surface area contributed by atoms with E-state index in [-0.39, 0.29) is 5.60 Å². The van der Waals surface area contributed by atoms with Gasteiger partial charge < -0.3 is 14.6 Å². The highest BCUT2D eigenvalue weighted by Crippen LogP contribution is 2.14. The van der Waals surface area contributed by atoms with Crippen molar-refractivity contribution >= 4 is 0 Å². The number of hydrogen-bond donors (Lipinski definition) is 1. The minimum absolute atomic E-state index is 0.0621. The molecule has 0 aliphatic rings. The van der Waals surface area contributed by atoms with Gasteiger partial charge in [0.25, 0.3) is 0 Å². The summed E-state index contributed by atoms with van der Waals surface area (Å²) in [5, 5.41) is 3.08. The molecule has 15 heavy (non-hydrogen) atoms. The quantitative estimate of drug-likeness (QED) is 0.773. The van der Waals surface area contributed by atoms with Crippen molar-refractivity contribution < 1.29 is 4.74 Å². The molecule has 1 aromatic heterocycles. The number of aromatic nitrogens is 2. The molecule has 0 aromatic carbocycles. The van der Waals surface area contributed by atoms with Gasteiger partial charge in [0.05, 0.1) is 17.6 Å². The van der Waals surface area contributed by atoms with E-state index in [9.17, 15) is 0 Å². The van der Waals surface area contributed by atoms with Gasteiger partial charge in [-0.2, -0.15) is 0 Å². The van der Waals surface area contributed by atoms with E-state index < -0.39 is 0 Å². The molecule has 4 heteroatoms. The van der Waals surface area contributed by atoms with Gasteiger partial charge in [-0.1, -0.05) is 0 Å². The van der Waals surface area contributed by atoms with Gasteiger partial charge in [-0.15, -0.1) is 0 Å². The SMILES string of the molecule is CNCc1cn(CCC(C)(C)OC)cn1. The second-order valence-corrected chi connectivity index (χ2v) is 4.35. The van der Waals surface area contributed by atoms with Gasteiger partial charge in [0, 0.05) is 26.4 Å². The third-order valence-corrected chi connectivity index (χ3v) is 2.57. The Balaban J connectivity index is 2.44. The average molecular weight is 211 g/mol. The zero-order chi connectivity index (χ0) is 11.3. The first kappa shape index (κ1) is 12.2. The van der Waals surface area contributed by atoms with E-state index in [1.807, 2.05) is 13.4 Å². The van der Waals surface area contributed by atoms with Crippen molar-refractivity contribution in [1.82, 2.24) is 14.9 Å². The lowest BCUT2D eigenvalue weighted by Gasteiger charge is -2.22. The maximum atomic E-state index is 5.37. The van der Waals surface area contributed by atoms with E-state index in [2.05, 4.69) is 34.9 Å². The molecule has 0 unspecified atom stereocenters. The average Bonchev–Trinajstić information content (AvgIpc) is 2.64. The van der Waals surface area contributed by atoms with Gasteiger partial charge in [-0.05, 0) is 27.3 Å². The van der Waals surface area contributed by atoms with E-state index in [1.54, 1.807) is 7.11 Å². The van der Waals surface area contributed by atoms with Gasteiger partial charge in [0.2, 0.25) is 0 Å². The molecule has 86 valence electrons. The van der Waals surface area contributed by atoms with E-state index in [0.29, 0.717) is 0 Å². The normalized spacial score (nSPS) is 12.0. The zero-order valence-electron chi connectivity index (χ0n) is 10.1. The third-order valence-electron chi connectivity index (χ3n) is 2.57. The van der Waals surface area contributed by atoms with E-state index in [0.717, 1.165) is 25.2 Å². The molecule has 0 bridgehead atoms. The molecule has 4 nitrogen and oxygen atoms in total. The number of ether oxygens (including phenoxy) is 1. The molecule has 0 saturated carbocycles. The van der Waals surface area contributed by atoms with Crippen molar-refractivity contribution in [2.45, 2.75) is 39.0 Å². The molecule has 0 saturated heterocycles. The van der Waals surface area contributed by atoms with Crippen LogP contribution in [0.3, 0.4) is 0 Å². The lowest BCUT2D eigenvalue weighted by Crippen LogP contribution is -2.24. The van der Waals surface area contributed by atoms with Crippen molar-refractivity contribution in [2.24, 2.45) is 0 Å². The topological polar surface area (TPSA) is 39.1 Å². The summed E-state index contributed by atoms with van der Waals surface area (Å²) < 4.78 is 7.47. The molecular formula is C11H21N3O. The van der Waals surface area contributed by atoms with Gasteiger partial charge in [-0.25, -0.2) is 4.98 Å². The highest BCUT2D eigenvalue weighted by molar-refractivity contribution is 4.96. The fourth-order valence-electron chi connectivity index (χ4n) is 1.30. The lowest BCUT2D eigenvalue weighted by molar-refractivity contribution is 0.0120. The molecule has 1 heterocycles. The first-order chi connectivity index (χ1) is 7.07. The summed E-state index contributed by atoms with van der Waals surface area (Å²) in [6, 6.07) is 0. The summed E-state index contributed by atoms with van der Waals surface area (Å²) in [7, 11) is 3.67. The number of nitrogens with zero attached hydrogens (tertiary/aromatic N) is 2. The number of methoxy groups -OCH3 is 1. The molecule has 0 atom stereocenters. The number of hydrogen-bond acceptors (Lipinski definition) is 3. The predicted octanol–water partition coefficient (Wildman–Crippen LogP) is 1.42. The standard InChI is InChI=1S/C11H21N3O/c1-11(2,15-4)5-6-14-8-10(7-12-3)13-9-14/h8-9,12H,5-7H2,1-4H3. The number of rotatable bonds is 6. The second-order valence-electron chi connectivity index (χ2n) is 4.35. The van der Waals surface area contributed by atoms with Gasteiger partial charge in [0.1, 0.15) is 0 Å². The van der Waals surface area contributed by atoms with Crippen molar-refractivity contribution in [3.8, 4) is 0 Å². The monoisotopic (exact) mass is 211 g/mol. The van der Waals surface area contributed by atoms with E-state index in [1.165, 1.54) is 0 Å². The Labute approximate surface area is 91.7 Å². The summed E-state index contributed by atoms with van der Waals surface area (Å²) in [6.07, 6.45) is 4.93. The van der Waals surface area contributed by atoms with Crippen LogP contribution in [0.25, 0.3) is 0 Å². The van der Waals surface area contributed by atoms with Gasteiger partial charge >= 0.3 is 0 Å². The van der Waals surface area contributed by atoms with Crippen LogP contribution in [0.5, 0.6) is 0 Å². The molecule has 0 fully saturated rings. The Morgan fingerprint density at radius 1 is 1.53 bits per heavy atom. The Morgan fingerprint density at radius 2 is 2.27 bits per heavy atom. The Morgan fingerprint density at radius 3 is 2.87 bits per heavy atom. The number of nitrogens with one attached hydrogen (secondary N) is 1. The van der Waals surface area contributed by atoms with E-state index in [4.69, 9.17) is 4.74 Å². The Hall–Kier alpha value is -0.870. The smallest absolute Gasteiger partial charge is 0.0949 e. The first-order valence-electron chi connectivity index (χ1n) is 5.28. The first-order valence-corrected chi connectivity index (χ1v) is 5.28. The highest BCUT2D eigenvalue weighted by atomic mass is 16.5. The van der Waals surface area contributed by atoms with Crippen LogP contribution in [-0.2, 0) is 17.8 Å². The van der Waals surface area contributed by atoms with Crippen LogP contribution >= 0.6 is 0 Å². The van der Waals surface area contributed by atoms with Crippen molar-refractivity contribution in [1.29, 1.82) is 0 Å². The second kappa shape index (κ2) is 5.28. The van der Waals surface area contributed by atoms with Crippen LogP contribution in [0.15, 0.2) is 12.5 Å². The van der Waals surface area contributed by atoms with Crippen molar-refractivity contribution in [3.05, 3.63) is 18.2 Å². The largest absolute Gasteiger partial charge is 0.379 e. The summed E-state index contributed by atoms with van der Waals surface area (Å²) in [5.41, 5.74) is 1.01. The van der Waals surface area contributed by atoms with Crippen LogP contribution in [0.1, 0.15) is 26.0 Å². The summed E-state index contributed by atoms with van der Waals surface area (Å²) >= 11 is 0. The summed E-state index contributed by atoms with van der Waals surface area (Å²) in [6.45, 7) is 5.95. The fourth-order valence-corrected chi connectivity index (χ4v) is 1.30. The molecule has 0 aliphatic heterocycles. The lowest BCUT2D eigenvalue weighted by atomic mass is 10.1. The fraction of sp³-hybridized carbons (Fsp3) is 0.727. The molecular weight excluding hydrogens is 190 g/mol. The van der Waals surface area contributed by atoms with Crippen LogP contribution in [0.4, 0.5) is 0 Å².